The van der Waals surface area contributed by atoms with E-state index in [2.05, 4.69) is 4.98 Å². The minimum atomic E-state index is -4.67. The van der Waals surface area contributed by atoms with Gasteiger partial charge in [0.1, 0.15) is 6.67 Å². The summed E-state index contributed by atoms with van der Waals surface area (Å²) in [5.41, 5.74) is -0.00530. The van der Waals surface area contributed by atoms with Crippen molar-refractivity contribution in [3.05, 3.63) is 29.6 Å². The van der Waals surface area contributed by atoms with Crippen LogP contribution in [0.4, 0.5) is 17.6 Å². The first-order valence-corrected chi connectivity index (χ1v) is 7.25. The lowest BCUT2D eigenvalue weighted by atomic mass is 10.1. The van der Waals surface area contributed by atoms with Crippen LogP contribution < -0.4 is 5.32 Å². The molecule has 0 aliphatic rings. The molecule has 136 valence electrons. The highest BCUT2D eigenvalue weighted by Gasteiger charge is 2.38. The number of aromatic nitrogens is 2. The van der Waals surface area contributed by atoms with E-state index >= 15 is 0 Å². The van der Waals surface area contributed by atoms with Crippen molar-refractivity contribution in [2.24, 2.45) is 0 Å². The Balaban J connectivity index is 2.47. The van der Waals surface area contributed by atoms with Crippen LogP contribution in [0.2, 0.25) is 0 Å². The SMILES string of the molecule is CC(C)n1c(C(F)(F)F)nc2cc(C(=O)NC(CF)C(=O)O)ccc21. The molecule has 1 amide bonds. The van der Waals surface area contributed by atoms with Gasteiger partial charge < -0.3 is 15.0 Å². The summed E-state index contributed by atoms with van der Waals surface area (Å²) in [6, 6.07) is 1.37. The van der Waals surface area contributed by atoms with Crippen LogP contribution in [0.3, 0.4) is 0 Å². The molecule has 6 nitrogen and oxygen atoms in total. The molecule has 2 N–H and O–H groups in total. The van der Waals surface area contributed by atoms with Gasteiger partial charge in [0.15, 0.2) is 6.04 Å². The van der Waals surface area contributed by atoms with Crippen LogP contribution in [-0.4, -0.2) is 39.3 Å². The summed E-state index contributed by atoms with van der Waals surface area (Å²) in [5, 5.41) is 10.7. The Bertz CT molecular complexity index is 814. The molecule has 1 atom stereocenters. The van der Waals surface area contributed by atoms with Gasteiger partial charge in [0.25, 0.3) is 5.91 Å². The first-order valence-electron chi connectivity index (χ1n) is 7.25. The maximum Gasteiger partial charge on any atom is 0.449 e. The Hall–Kier alpha value is -2.65. The maximum atomic E-state index is 13.1. The molecule has 1 aromatic carbocycles. The molecule has 10 heteroatoms. The lowest BCUT2D eigenvalue weighted by molar-refractivity contribution is -0.147. The van der Waals surface area contributed by atoms with E-state index in [1.165, 1.54) is 12.1 Å². The number of fused-ring (bicyclic) bond motifs is 1. The molecule has 1 heterocycles. The van der Waals surface area contributed by atoms with Crippen molar-refractivity contribution in [1.82, 2.24) is 14.9 Å². The Morgan fingerprint density at radius 3 is 2.44 bits per heavy atom. The van der Waals surface area contributed by atoms with Crippen molar-refractivity contribution in [3.8, 4) is 0 Å². The van der Waals surface area contributed by atoms with E-state index in [0.717, 1.165) is 10.6 Å². The van der Waals surface area contributed by atoms with Crippen LogP contribution in [0.25, 0.3) is 11.0 Å². The first-order chi connectivity index (χ1) is 11.6. The van der Waals surface area contributed by atoms with Crippen molar-refractivity contribution in [2.45, 2.75) is 32.1 Å². The standard InChI is InChI=1S/C15H15F4N3O3/c1-7(2)22-11-4-3-8(12(23)20-10(6-16)13(24)25)5-9(11)21-14(22)15(17,18)19/h3-5,7,10H,6H2,1-2H3,(H,20,23)(H,24,25). The second-order valence-corrected chi connectivity index (χ2v) is 5.62. The van der Waals surface area contributed by atoms with E-state index in [1.807, 2.05) is 5.32 Å². The van der Waals surface area contributed by atoms with Crippen LogP contribution in [0.1, 0.15) is 36.1 Å². The molecule has 2 aromatic rings. The molecule has 0 radical (unpaired) electrons. The monoisotopic (exact) mass is 361 g/mol. The largest absolute Gasteiger partial charge is 0.480 e. The highest BCUT2D eigenvalue weighted by Crippen LogP contribution is 2.33. The number of carboxylic acids is 1. The average Bonchev–Trinajstić information content (AvgIpc) is 2.90. The van der Waals surface area contributed by atoms with Gasteiger partial charge in [0, 0.05) is 11.6 Å². The van der Waals surface area contributed by atoms with E-state index in [4.69, 9.17) is 5.11 Å². The number of imidazole rings is 1. The highest BCUT2D eigenvalue weighted by molar-refractivity contribution is 5.99. The third-order valence-electron chi connectivity index (χ3n) is 3.48. The summed E-state index contributed by atoms with van der Waals surface area (Å²) in [4.78, 5) is 26.3. The zero-order valence-electron chi connectivity index (χ0n) is 13.3. The second-order valence-electron chi connectivity index (χ2n) is 5.62. The van der Waals surface area contributed by atoms with Crippen LogP contribution >= 0.6 is 0 Å². The summed E-state index contributed by atoms with van der Waals surface area (Å²) in [7, 11) is 0. The van der Waals surface area contributed by atoms with Crippen molar-refractivity contribution < 1.29 is 32.3 Å². The van der Waals surface area contributed by atoms with Crippen molar-refractivity contribution in [2.75, 3.05) is 6.67 Å². The fourth-order valence-electron chi connectivity index (χ4n) is 2.37. The quantitative estimate of drug-likeness (QED) is 0.802. The molecular weight excluding hydrogens is 346 g/mol. The molecule has 0 bridgehead atoms. The number of hydrogen-bond donors (Lipinski definition) is 2. The number of alkyl halides is 4. The molecule has 0 saturated heterocycles. The number of carbonyl (C=O) groups is 2. The Morgan fingerprint density at radius 2 is 1.96 bits per heavy atom. The van der Waals surface area contributed by atoms with Gasteiger partial charge in [-0.3, -0.25) is 4.79 Å². The maximum absolute atomic E-state index is 13.1. The van der Waals surface area contributed by atoms with Crippen molar-refractivity contribution in [3.63, 3.8) is 0 Å². The molecule has 2 rings (SSSR count). The first kappa shape index (κ1) is 18.7. The van der Waals surface area contributed by atoms with Gasteiger partial charge in [-0.15, -0.1) is 0 Å². The summed E-state index contributed by atoms with van der Waals surface area (Å²) in [6.45, 7) is 1.81. The predicted octanol–water partition coefficient (Wildman–Crippen LogP) is 2.79. The lowest BCUT2D eigenvalue weighted by Gasteiger charge is -2.14. The van der Waals surface area contributed by atoms with E-state index in [0.29, 0.717) is 0 Å². The summed E-state index contributed by atoms with van der Waals surface area (Å²) >= 11 is 0. The van der Waals surface area contributed by atoms with Gasteiger partial charge in [-0.1, -0.05) is 0 Å². The molecule has 0 spiro atoms. The number of hydrogen-bond acceptors (Lipinski definition) is 3. The molecule has 1 aromatic heterocycles. The molecule has 0 saturated carbocycles. The van der Waals surface area contributed by atoms with Crippen LogP contribution in [0.5, 0.6) is 0 Å². The zero-order chi connectivity index (χ0) is 18.9. The Morgan fingerprint density at radius 1 is 1.32 bits per heavy atom. The molecule has 0 aliphatic carbocycles. The number of nitrogens with one attached hydrogen (secondary N) is 1. The minimum absolute atomic E-state index is 0.0687. The van der Waals surface area contributed by atoms with Crippen LogP contribution in [-0.2, 0) is 11.0 Å². The number of carbonyl (C=O) groups excluding carboxylic acids is 1. The number of aliphatic carboxylic acids is 1. The zero-order valence-corrected chi connectivity index (χ0v) is 13.3. The average molecular weight is 361 g/mol. The van der Waals surface area contributed by atoms with Gasteiger partial charge in [-0.25, -0.2) is 14.2 Å². The van der Waals surface area contributed by atoms with Crippen molar-refractivity contribution >= 4 is 22.9 Å². The Labute approximate surface area is 139 Å². The smallest absolute Gasteiger partial charge is 0.449 e. The topological polar surface area (TPSA) is 84.2 Å². The second kappa shape index (κ2) is 6.69. The number of nitrogens with zero attached hydrogens (tertiary/aromatic N) is 2. The highest BCUT2D eigenvalue weighted by atomic mass is 19.4. The van der Waals surface area contributed by atoms with Gasteiger partial charge >= 0.3 is 12.1 Å². The van der Waals surface area contributed by atoms with E-state index in [-0.39, 0.29) is 16.6 Å². The number of carboxylic acid groups (broad SMARTS) is 1. The molecule has 1 unspecified atom stereocenters. The summed E-state index contributed by atoms with van der Waals surface area (Å²) < 4.78 is 53.0. The Kier molecular flexibility index (Phi) is 5.00. The number of halogens is 4. The number of benzene rings is 1. The van der Waals surface area contributed by atoms with E-state index < -0.39 is 42.6 Å². The summed E-state index contributed by atoms with van der Waals surface area (Å²) in [5.74, 6) is -3.57. The van der Waals surface area contributed by atoms with Gasteiger partial charge in [0.2, 0.25) is 5.82 Å². The van der Waals surface area contributed by atoms with Gasteiger partial charge in [0.05, 0.1) is 11.0 Å². The number of rotatable bonds is 5. The van der Waals surface area contributed by atoms with Crippen LogP contribution in [0.15, 0.2) is 18.2 Å². The molecule has 0 fully saturated rings. The third kappa shape index (κ3) is 3.72. The van der Waals surface area contributed by atoms with E-state index in [9.17, 15) is 27.2 Å². The number of amides is 1. The fraction of sp³-hybridized carbons (Fsp3) is 0.400. The third-order valence-corrected chi connectivity index (χ3v) is 3.48. The molecule has 25 heavy (non-hydrogen) atoms. The molecule has 0 aliphatic heterocycles. The van der Waals surface area contributed by atoms with E-state index in [1.54, 1.807) is 13.8 Å². The minimum Gasteiger partial charge on any atom is -0.480 e. The van der Waals surface area contributed by atoms with Crippen LogP contribution in [0, 0.1) is 0 Å². The normalized spacial score (nSPS) is 13.2. The summed E-state index contributed by atoms with van der Waals surface area (Å²) in [6.07, 6.45) is -4.67. The van der Waals surface area contributed by atoms with Gasteiger partial charge in [-0.2, -0.15) is 13.2 Å². The van der Waals surface area contributed by atoms with Gasteiger partial charge in [-0.05, 0) is 32.0 Å². The lowest BCUT2D eigenvalue weighted by Crippen LogP contribution is -2.42. The van der Waals surface area contributed by atoms with Crippen molar-refractivity contribution in [1.29, 1.82) is 0 Å². The predicted molar refractivity (Wildman–Crippen MR) is 80.0 cm³/mol. The fourth-order valence-corrected chi connectivity index (χ4v) is 2.37. The molecular formula is C15H15F4N3O3.